The van der Waals surface area contributed by atoms with Crippen molar-refractivity contribution in [1.29, 1.82) is 0 Å². The Morgan fingerprint density at radius 3 is 2.70 bits per heavy atom. The zero-order valence-electron chi connectivity index (χ0n) is 11.9. The molecule has 0 aliphatic carbocycles. The number of rotatable bonds is 6. The Bertz CT molecular complexity index is 556. The SMILES string of the molecule is COc1cccc(CNCC2CCCS2(=O)=O)c1OC. The van der Waals surface area contributed by atoms with Gasteiger partial charge < -0.3 is 14.8 Å². The largest absolute Gasteiger partial charge is 0.493 e. The Morgan fingerprint density at radius 1 is 1.30 bits per heavy atom. The van der Waals surface area contributed by atoms with Gasteiger partial charge in [0.2, 0.25) is 0 Å². The summed E-state index contributed by atoms with van der Waals surface area (Å²) in [5.41, 5.74) is 0.960. The van der Waals surface area contributed by atoms with Gasteiger partial charge in [-0.15, -0.1) is 0 Å². The van der Waals surface area contributed by atoms with Gasteiger partial charge in [-0.25, -0.2) is 8.42 Å². The van der Waals surface area contributed by atoms with E-state index in [9.17, 15) is 8.42 Å². The van der Waals surface area contributed by atoms with Crippen molar-refractivity contribution in [2.24, 2.45) is 0 Å². The van der Waals surface area contributed by atoms with Crippen molar-refractivity contribution in [1.82, 2.24) is 5.32 Å². The summed E-state index contributed by atoms with van der Waals surface area (Å²) in [6.45, 7) is 1.05. The second-order valence-electron chi connectivity index (χ2n) is 4.91. The molecule has 1 fully saturated rings. The van der Waals surface area contributed by atoms with E-state index in [1.54, 1.807) is 14.2 Å². The van der Waals surface area contributed by atoms with Gasteiger partial charge in [0, 0.05) is 18.7 Å². The van der Waals surface area contributed by atoms with E-state index in [-0.39, 0.29) is 5.25 Å². The Balaban J connectivity index is 1.98. The van der Waals surface area contributed by atoms with Crippen LogP contribution in [0.4, 0.5) is 0 Å². The van der Waals surface area contributed by atoms with Crippen molar-refractivity contribution in [3.8, 4) is 11.5 Å². The smallest absolute Gasteiger partial charge is 0.165 e. The van der Waals surface area contributed by atoms with Gasteiger partial charge in [-0.2, -0.15) is 0 Å². The van der Waals surface area contributed by atoms with Crippen LogP contribution in [0.25, 0.3) is 0 Å². The maximum Gasteiger partial charge on any atom is 0.165 e. The van der Waals surface area contributed by atoms with E-state index in [2.05, 4.69) is 5.32 Å². The van der Waals surface area contributed by atoms with E-state index in [0.717, 1.165) is 18.4 Å². The second-order valence-corrected chi connectivity index (χ2v) is 7.32. The van der Waals surface area contributed by atoms with Crippen LogP contribution < -0.4 is 14.8 Å². The summed E-state index contributed by atoms with van der Waals surface area (Å²) in [7, 11) is 0.309. The minimum absolute atomic E-state index is 0.251. The summed E-state index contributed by atoms with van der Waals surface area (Å²) in [6, 6.07) is 5.67. The van der Waals surface area contributed by atoms with Crippen molar-refractivity contribution in [2.75, 3.05) is 26.5 Å². The maximum absolute atomic E-state index is 11.7. The summed E-state index contributed by atoms with van der Waals surface area (Å²) in [4.78, 5) is 0. The molecule has 0 saturated carbocycles. The lowest BCUT2D eigenvalue weighted by atomic mass is 10.1. The van der Waals surface area contributed by atoms with E-state index < -0.39 is 9.84 Å². The first-order chi connectivity index (χ1) is 9.58. The number of methoxy groups -OCH3 is 2. The molecule has 6 heteroatoms. The predicted octanol–water partition coefficient (Wildman–Crippen LogP) is 1.37. The second kappa shape index (κ2) is 6.45. The van der Waals surface area contributed by atoms with E-state index in [1.165, 1.54) is 0 Å². The number of ether oxygens (including phenoxy) is 2. The Labute approximate surface area is 120 Å². The first-order valence-electron chi connectivity index (χ1n) is 6.70. The van der Waals surface area contributed by atoms with Crippen LogP contribution in [0.1, 0.15) is 18.4 Å². The lowest BCUT2D eigenvalue weighted by Gasteiger charge is -2.14. The predicted molar refractivity (Wildman–Crippen MR) is 78.1 cm³/mol. The van der Waals surface area contributed by atoms with Gasteiger partial charge in [0.1, 0.15) is 0 Å². The minimum Gasteiger partial charge on any atom is -0.493 e. The molecule has 0 bridgehead atoms. The van der Waals surface area contributed by atoms with Crippen LogP contribution in [0, 0.1) is 0 Å². The van der Waals surface area contributed by atoms with E-state index in [1.807, 2.05) is 18.2 Å². The highest BCUT2D eigenvalue weighted by Gasteiger charge is 2.30. The molecule has 1 heterocycles. The molecule has 1 aliphatic heterocycles. The van der Waals surface area contributed by atoms with Crippen LogP contribution in [-0.4, -0.2) is 40.2 Å². The third-order valence-electron chi connectivity index (χ3n) is 3.63. The molecule has 1 unspecified atom stereocenters. The summed E-state index contributed by atoms with van der Waals surface area (Å²) in [5.74, 6) is 1.69. The molecule has 112 valence electrons. The number of hydrogen-bond donors (Lipinski definition) is 1. The van der Waals surface area contributed by atoms with Crippen LogP contribution in [0.3, 0.4) is 0 Å². The Hall–Kier alpha value is -1.27. The number of benzene rings is 1. The number of sulfone groups is 1. The average Bonchev–Trinajstić information content (AvgIpc) is 2.77. The monoisotopic (exact) mass is 299 g/mol. The van der Waals surface area contributed by atoms with Crippen LogP contribution in [-0.2, 0) is 16.4 Å². The van der Waals surface area contributed by atoms with Crippen molar-refractivity contribution in [2.45, 2.75) is 24.6 Å². The molecule has 2 rings (SSSR count). The summed E-state index contributed by atoms with van der Waals surface area (Å²) in [6.07, 6.45) is 1.53. The Morgan fingerprint density at radius 2 is 2.10 bits per heavy atom. The summed E-state index contributed by atoms with van der Waals surface area (Å²) in [5, 5.41) is 2.96. The molecular weight excluding hydrogens is 278 g/mol. The molecule has 1 saturated heterocycles. The first-order valence-corrected chi connectivity index (χ1v) is 8.42. The van der Waals surface area contributed by atoms with E-state index in [0.29, 0.717) is 30.3 Å². The third-order valence-corrected chi connectivity index (χ3v) is 5.91. The van der Waals surface area contributed by atoms with Gasteiger partial charge >= 0.3 is 0 Å². The molecule has 0 radical (unpaired) electrons. The maximum atomic E-state index is 11.7. The fourth-order valence-electron chi connectivity index (χ4n) is 2.55. The molecule has 1 aliphatic rings. The third kappa shape index (κ3) is 3.24. The lowest BCUT2D eigenvalue weighted by molar-refractivity contribution is 0.350. The quantitative estimate of drug-likeness (QED) is 0.859. The standard InChI is InChI=1S/C14H21NO4S/c1-18-13-7-3-5-11(14(13)19-2)9-15-10-12-6-4-8-20(12,16)17/h3,5,7,12,15H,4,6,8-10H2,1-2H3. The molecule has 1 N–H and O–H groups in total. The van der Waals surface area contributed by atoms with E-state index in [4.69, 9.17) is 9.47 Å². The number of hydrogen-bond acceptors (Lipinski definition) is 5. The molecule has 0 spiro atoms. The molecule has 1 aromatic carbocycles. The summed E-state index contributed by atoms with van der Waals surface area (Å²) < 4.78 is 34.1. The number of nitrogens with one attached hydrogen (secondary N) is 1. The van der Waals surface area contributed by atoms with Gasteiger partial charge in [0.05, 0.1) is 25.2 Å². The first kappa shape index (κ1) is 15.1. The minimum atomic E-state index is -2.89. The van der Waals surface area contributed by atoms with Crippen LogP contribution >= 0.6 is 0 Å². The molecular formula is C14H21NO4S. The molecule has 1 atom stereocenters. The zero-order valence-corrected chi connectivity index (χ0v) is 12.7. The highest BCUT2D eigenvalue weighted by Crippen LogP contribution is 2.30. The van der Waals surface area contributed by atoms with Crippen molar-refractivity contribution in [3.63, 3.8) is 0 Å². The lowest BCUT2D eigenvalue weighted by Crippen LogP contribution is -2.30. The van der Waals surface area contributed by atoms with Crippen LogP contribution in [0.2, 0.25) is 0 Å². The van der Waals surface area contributed by atoms with E-state index >= 15 is 0 Å². The highest BCUT2D eigenvalue weighted by atomic mass is 32.2. The average molecular weight is 299 g/mol. The molecule has 20 heavy (non-hydrogen) atoms. The Kier molecular flexibility index (Phi) is 4.88. The molecule has 1 aromatic rings. The van der Waals surface area contributed by atoms with Crippen LogP contribution in [0.15, 0.2) is 18.2 Å². The summed E-state index contributed by atoms with van der Waals surface area (Å²) >= 11 is 0. The fourth-order valence-corrected chi connectivity index (χ4v) is 4.35. The number of para-hydroxylation sites is 1. The highest BCUT2D eigenvalue weighted by molar-refractivity contribution is 7.92. The van der Waals surface area contributed by atoms with Gasteiger partial charge in [-0.05, 0) is 18.9 Å². The van der Waals surface area contributed by atoms with Gasteiger partial charge in [-0.3, -0.25) is 0 Å². The topological polar surface area (TPSA) is 64.6 Å². The van der Waals surface area contributed by atoms with Crippen molar-refractivity contribution in [3.05, 3.63) is 23.8 Å². The molecule has 0 aromatic heterocycles. The van der Waals surface area contributed by atoms with Crippen molar-refractivity contribution < 1.29 is 17.9 Å². The normalized spacial score (nSPS) is 20.8. The van der Waals surface area contributed by atoms with Gasteiger partial charge in [0.25, 0.3) is 0 Å². The molecule has 5 nitrogen and oxygen atoms in total. The van der Waals surface area contributed by atoms with Gasteiger partial charge in [0.15, 0.2) is 21.3 Å². The van der Waals surface area contributed by atoms with Crippen LogP contribution in [0.5, 0.6) is 11.5 Å². The van der Waals surface area contributed by atoms with Crippen molar-refractivity contribution >= 4 is 9.84 Å². The fraction of sp³-hybridized carbons (Fsp3) is 0.571. The molecule has 0 amide bonds. The zero-order chi connectivity index (χ0) is 14.6. The van der Waals surface area contributed by atoms with Gasteiger partial charge in [-0.1, -0.05) is 12.1 Å².